The lowest BCUT2D eigenvalue weighted by molar-refractivity contribution is -0.349. The van der Waals surface area contributed by atoms with Crippen molar-refractivity contribution in [3.8, 4) is 11.1 Å². The Hall–Kier alpha value is -3.47. The number of rotatable bonds is 3. The van der Waals surface area contributed by atoms with Crippen LogP contribution < -0.4 is 16.2 Å². The minimum atomic E-state index is -0.428. The lowest BCUT2D eigenvalue weighted by Gasteiger charge is -2.06. The Morgan fingerprint density at radius 2 is 1.56 bits per heavy atom. The summed E-state index contributed by atoms with van der Waals surface area (Å²) in [6.45, 7) is 0.377. The second-order valence-corrected chi connectivity index (χ2v) is 5.81. The summed E-state index contributed by atoms with van der Waals surface area (Å²) < 4.78 is 1.55. The first-order chi connectivity index (χ1) is 12.2. The van der Waals surface area contributed by atoms with E-state index in [2.05, 4.69) is 9.97 Å². The highest BCUT2D eigenvalue weighted by Crippen LogP contribution is 2.23. The van der Waals surface area contributed by atoms with E-state index in [1.807, 2.05) is 66.7 Å². The summed E-state index contributed by atoms with van der Waals surface area (Å²) in [4.78, 5) is 30.4. The molecule has 0 bridgehead atoms. The monoisotopic (exact) mass is 330 g/mol. The fraction of sp³-hybridized carbons (Fsp3) is 0.0500. The van der Waals surface area contributed by atoms with Crippen molar-refractivity contribution in [1.82, 2.24) is 9.55 Å². The van der Waals surface area contributed by atoms with Gasteiger partial charge in [0.05, 0.1) is 6.20 Å². The molecule has 0 aliphatic heterocycles. The molecule has 0 amide bonds. The molecule has 0 aliphatic rings. The van der Waals surface area contributed by atoms with E-state index in [0.717, 1.165) is 16.7 Å². The van der Waals surface area contributed by atoms with Crippen molar-refractivity contribution in [3.05, 3.63) is 99.3 Å². The quantitative estimate of drug-likeness (QED) is 0.626. The van der Waals surface area contributed by atoms with Crippen molar-refractivity contribution < 1.29 is 4.98 Å². The van der Waals surface area contributed by atoms with E-state index in [4.69, 9.17) is 0 Å². The van der Waals surface area contributed by atoms with Gasteiger partial charge in [-0.05, 0) is 17.2 Å². The van der Waals surface area contributed by atoms with Gasteiger partial charge < -0.3 is 0 Å². The minimum Gasteiger partial charge on any atom is -0.268 e. The number of nitrogens with one attached hydrogen (secondary N) is 2. The van der Waals surface area contributed by atoms with Crippen LogP contribution >= 0.6 is 0 Å². The molecular weight excluding hydrogens is 314 g/mol. The molecule has 0 saturated heterocycles. The lowest BCUT2D eigenvalue weighted by atomic mass is 10.0. The van der Waals surface area contributed by atoms with E-state index in [-0.39, 0.29) is 5.56 Å². The summed E-state index contributed by atoms with van der Waals surface area (Å²) in [5.41, 5.74) is 2.40. The van der Waals surface area contributed by atoms with Crippen LogP contribution in [0.25, 0.3) is 22.2 Å². The Morgan fingerprint density at radius 1 is 0.880 bits per heavy atom. The Labute approximate surface area is 143 Å². The summed E-state index contributed by atoms with van der Waals surface area (Å²) in [5, 5.41) is 0.476. The molecule has 2 aromatic carbocycles. The Balaban J connectivity index is 1.99. The van der Waals surface area contributed by atoms with Gasteiger partial charge in [0.2, 0.25) is 0 Å². The molecule has 0 atom stereocenters. The molecule has 0 radical (unpaired) electrons. The van der Waals surface area contributed by atoms with E-state index in [9.17, 15) is 9.59 Å². The first-order valence-corrected chi connectivity index (χ1v) is 8.01. The zero-order chi connectivity index (χ0) is 17.2. The molecular formula is C20H16N3O2+. The molecule has 5 heteroatoms. The third-order valence-electron chi connectivity index (χ3n) is 4.21. The van der Waals surface area contributed by atoms with Crippen molar-refractivity contribution in [2.75, 3.05) is 0 Å². The van der Waals surface area contributed by atoms with Gasteiger partial charge in [0.25, 0.3) is 11.2 Å². The maximum absolute atomic E-state index is 12.5. The summed E-state index contributed by atoms with van der Waals surface area (Å²) in [6, 6.07) is 21.2. The van der Waals surface area contributed by atoms with Crippen molar-refractivity contribution in [1.29, 1.82) is 0 Å². The summed E-state index contributed by atoms with van der Waals surface area (Å²) in [6.07, 6.45) is 1.76. The topological polar surface area (TPSA) is 69.0 Å². The normalized spacial score (nSPS) is 10.9. The molecule has 0 spiro atoms. The van der Waals surface area contributed by atoms with Crippen molar-refractivity contribution in [2.45, 2.75) is 6.54 Å². The molecule has 0 fully saturated rings. The van der Waals surface area contributed by atoms with Gasteiger partial charge in [-0.25, -0.2) is 9.78 Å². The molecule has 4 rings (SSSR count). The lowest BCUT2D eigenvalue weighted by Crippen LogP contribution is -2.34. The van der Waals surface area contributed by atoms with Crippen molar-refractivity contribution in [2.24, 2.45) is 0 Å². The average molecular weight is 330 g/mol. The van der Waals surface area contributed by atoms with Crippen LogP contribution in [0.5, 0.6) is 0 Å². The standard InChI is InChI=1S/C20H15N3O2/c24-19-17-16(15-9-5-2-6-10-15)11-12-21-18(17)23(20(25)22-19)13-14-7-3-1-4-8-14/h1-12H,13H2,(H,22,24,25)/p+1. The Kier molecular flexibility index (Phi) is 3.74. The first kappa shape index (κ1) is 15.1. The van der Waals surface area contributed by atoms with Gasteiger partial charge in [-0.1, -0.05) is 60.7 Å². The summed E-state index contributed by atoms with van der Waals surface area (Å²) in [7, 11) is 0. The van der Waals surface area contributed by atoms with Crippen LogP contribution in [0.1, 0.15) is 5.56 Å². The van der Waals surface area contributed by atoms with E-state index >= 15 is 0 Å². The number of pyridine rings is 1. The number of benzene rings is 2. The van der Waals surface area contributed by atoms with E-state index < -0.39 is 5.69 Å². The van der Waals surface area contributed by atoms with E-state index in [1.54, 1.807) is 10.8 Å². The number of fused-ring (bicyclic) bond motifs is 1. The molecule has 5 nitrogen and oxygen atoms in total. The minimum absolute atomic E-state index is 0.377. The first-order valence-electron chi connectivity index (χ1n) is 8.01. The number of hydrogen-bond acceptors (Lipinski definition) is 2. The fourth-order valence-corrected chi connectivity index (χ4v) is 3.03. The largest absolute Gasteiger partial charge is 0.416 e. The maximum atomic E-state index is 12.5. The van der Waals surface area contributed by atoms with Gasteiger partial charge in [0, 0.05) is 5.56 Å². The number of aromatic amines is 2. The van der Waals surface area contributed by atoms with Gasteiger partial charge in [-0.2, -0.15) is 4.57 Å². The average Bonchev–Trinajstić information content (AvgIpc) is 2.66. The van der Waals surface area contributed by atoms with Crippen LogP contribution in [0.4, 0.5) is 0 Å². The molecule has 0 saturated carbocycles. The molecule has 2 aromatic heterocycles. The highest BCUT2D eigenvalue weighted by atomic mass is 16.2. The number of aromatic nitrogens is 3. The number of nitrogens with zero attached hydrogens (tertiary/aromatic N) is 1. The zero-order valence-corrected chi connectivity index (χ0v) is 13.4. The van der Waals surface area contributed by atoms with Crippen LogP contribution in [0.15, 0.2) is 82.5 Å². The molecule has 4 aromatic rings. The van der Waals surface area contributed by atoms with Gasteiger partial charge in [0.15, 0.2) is 0 Å². The number of hydrogen-bond donors (Lipinski definition) is 1. The van der Waals surface area contributed by atoms with Gasteiger partial charge >= 0.3 is 5.69 Å². The summed E-state index contributed by atoms with van der Waals surface area (Å²) in [5.74, 6) is 0. The molecule has 2 N–H and O–H groups in total. The molecule has 0 aliphatic carbocycles. The molecule has 122 valence electrons. The van der Waals surface area contributed by atoms with Crippen molar-refractivity contribution >= 4 is 11.0 Å². The van der Waals surface area contributed by atoms with Crippen LogP contribution in [-0.4, -0.2) is 9.55 Å². The molecule has 0 unspecified atom stereocenters. The SMILES string of the molecule is O=c1[nH]c(=O)n(Cc2ccccc2)c2[nH+]ccc(-c3ccccc3)c12. The number of H-pyrrole nitrogens is 2. The smallest absolute Gasteiger partial charge is 0.268 e. The second kappa shape index (κ2) is 6.20. The van der Waals surface area contributed by atoms with Crippen LogP contribution in [-0.2, 0) is 6.54 Å². The predicted molar refractivity (Wildman–Crippen MR) is 96.4 cm³/mol. The predicted octanol–water partition coefficient (Wildman–Crippen LogP) is 2.22. The Bertz CT molecular complexity index is 1150. The van der Waals surface area contributed by atoms with Gasteiger partial charge in [-0.3, -0.25) is 9.78 Å². The van der Waals surface area contributed by atoms with E-state index in [1.165, 1.54) is 0 Å². The highest BCUT2D eigenvalue weighted by Gasteiger charge is 2.19. The zero-order valence-electron chi connectivity index (χ0n) is 13.4. The van der Waals surface area contributed by atoms with Gasteiger partial charge in [-0.15, -0.1) is 0 Å². The van der Waals surface area contributed by atoms with Crippen LogP contribution in [0.3, 0.4) is 0 Å². The van der Waals surface area contributed by atoms with Crippen LogP contribution in [0, 0.1) is 0 Å². The van der Waals surface area contributed by atoms with E-state index in [0.29, 0.717) is 17.6 Å². The van der Waals surface area contributed by atoms with Crippen molar-refractivity contribution in [3.63, 3.8) is 0 Å². The highest BCUT2D eigenvalue weighted by molar-refractivity contribution is 5.90. The third-order valence-corrected chi connectivity index (χ3v) is 4.21. The molecule has 25 heavy (non-hydrogen) atoms. The summed E-state index contributed by atoms with van der Waals surface area (Å²) >= 11 is 0. The van der Waals surface area contributed by atoms with Gasteiger partial charge in [0.1, 0.15) is 11.9 Å². The third kappa shape index (κ3) is 2.76. The van der Waals surface area contributed by atoms with Crippen LogP contribution in [0.2, 0.25) is 0 Å². The Morgan fingerprint density at radius 3 is 2.28 bits per heavy atom. The molecule has 2 heterocycles. The maximum Gasteiger partial charge on any atom is 0.416 e. The second-order valence-electron chi connectivity index (χ2n) is 5.81. The fourth-order valence-electron chi connectivity index (χ4n) is 3.03.